The van der Waals surface area contributed by atoms with E-state index < -0.39 is 10.1 Å². The molecule has 0 aliphatic carbocycles. The average molecular weight is 152 g/mol. The second-order valence-corrected chi connectivity index (χ2v) is 2.55. The van der Waals surface area contributed by atoms with Crippen LogP contribution in [-0.2, 0) is 10.1 Å². The van der Waals surface area contributed by atoms with Crippen LogP contribution in [0, 0.1) is 0 Å². The van der Waals surface area contributed by atoms with Gasteiger partial charge in [-0.05, 0) is 0 Å². The molecule has 2 nitrogen and oxygen atoms in total. The minimum absolute atomic E-state index is 0.704. The molecular weight excluding hydrogens is 147 g/mol. The molecule has 0 amide bonds. The first-order valence-electron chi connectivity index (χ1n) is 2.77. The molecular formula is C6H5BO2S. The first-order valence-corrected chi connectivity index (χ1v) is 3.91. The Morgan fingerprint density at radius 3 is 2.20 bits per heavy atom. The molecule has 1 aromatic carbocycles. The Hall–Kier alpha value is -0.895. The summed E-state index contributed by atoms with van der Waals surface area (Å²) >= 11 is 0. The average Bonchev–Trinajstić information content (AvgIpc) is 1.88. The summed E-state index contributed by atoms with van der Waals surface area (Å²) in [5.74, 6) is 0. The molecule has 0 saturated carbocycles. The summed E-state index contributed by atoms with van der Waals surface area (Å²) in [6.45, 7) is 0. The van der Waals surface area contributed by atoms with Crippen molar-refractivity contribution >= 4 is 21.7 Å². The Kier molecular flexibility index (Phi) is 2.39. The maximum atomic E-state index is 10.1. The molecule has 0 N–H and O–H groups in total. The predicted octanol–water partition coefficient (Wildman–Crippen LogP) is -0.190. The molecule has 0 saturated heterocycles. The van der Waals surface area contributed by atoms with Crippen molar-refractivity contribution in [1.29, 1.82) is 0 Å². The molecule has 50 valence electrons. The zero-order chi connectivity index (χ0) is 7.40. The van der Waals surface area contributed by atoms with E-state index in [2.05, 4.69) is 0 Å². The van der Waals surface area contributed by atoms with Crippen LogP contribution in [0.1, 0.15) is 0 Å². The first-order chi connectivity index (χ1) is 4.79. The molecule has 1 aromatic rings. The molecule has 0 atom stereocenters. The summed E-state index contributed by atoms with van der Waals surface area (Å²) in [6.07, 6.45) is 1.17. The van der Waals surface area contributed by atoms with Gasteiger partial charge >= 0.3 is 60.5 Å². The van der Waals surface area contributed by atoms with Crippen LogP contribution in [0.3, 0.4) is 0 Å². The van der Waals surface area contributed by atoms with Crippen molar-refractivity contribution in [2.45, 2.75) is 0 Å². The van der Waals surface area contributed by atoms with E-state index in [-0.39, 0.29) is 0 Å². The Balaban J connectivity index is 3.10. The van der Waals surface area contributed by atoms with Crippen LogP contribution in [0.25, 0.3) is 0 Å². The quantitative estimate of drug-likeness (QED) is 0.522. The first kappa shape index (κ1) is 7.21. The van der Waals surface area contributed by atoms with Gasteiger partial charge in [-0.15, -0.1) is 0 Å². The summed E-state index contributed by atoms with van der Waals surface area (Å²) in [4.78, 5) is 0. The fourth-order valence-corrected chi connectivity index (χ4v) is 1.02. The van der Waals surface area contributed by atoms with Crippen LogP contribution in [0.4, 0.5) is 0 Å². The normalized spacial score (nSPS) is 8.40. The number of rotatable bonds is 1. The summed E-state index contributed by atoms with van der Waals surface area (Å²) in [5.41, 5.74) is 0.704. The Bertz CT molecular complexity index is 320. The van der Waals surface area contributed by atoms with E-state index in [1.54, 1.807) is 24.3 Å². The van der Waals surface area contributed by atoms with Gasteiger partial charge in [-0.2, -0.15) is 0 Å². The topological polar surface area (TPSA) is 34.1 Å². The molecule has 0 unspecified atom stereocenters. The second-order valence-electron chi connectivity index (χ2n) is 1.79. The molecule has 0 spiro atoms. The van der Waals surface area contributed by atoms with E-state index in [0.29, 0.717) is 5.46 Å². The van der Waals surface area contributed by atoms with Gasteiger partial charge < -0.3 is 0 Å². The van der Waals surface area contributed by atoms with E-state index in [9.17, 15) is 8.42 Å². The van der Waals surface area contributed by atoms with Gasteiger partial charge in [-0.25, -0.2) is 0 Å². The van der Waals surface area contributed by atoms with E-state index in [0.717, 1.165) is 0 Å². The van der Waals surface area contributed by atoms with Gasteiger partial charge in [0, 0.05) is 0 Å². The molecule has 0 aliphatic rings. The van der Waals surface area contributed by atoms with Gasteiger partial charge in [0.25, 0.3) is 0 Å². The molecule has 0 radical (unpaired) electrons. The molecule has 0 heterocycles. The molecule has 10 heavy (non-hydrogen) atoms. The number of hydrogen-bond acceptors (Lipinski definition) is 2. The third kappa shape index (κ3) is 2.15. The number of hydrogen-bond donors (Lipinski definition) is 0. The molecule has 0 aliphatic heterocycles. The fraction of sp³-hybridized carbons (Fsp3) is 0. The molecule has 4 heteroatoms. The SMILES string of the molecule is O=S(=O)=Bc1ccccc1. The van der Waals surface area contributed by atoms with Crippen LogP contribution in [0.15, 0.2) is 30.3 Å². The van der Waals surface area contributed by atoms with Crippen molar-refractivity contribution in [2.24, 2.45) is 0 Å². The van der Waals surface area contributed by atoms with E-state index in [1.807, 2.05) is 6.07 Å². The maximum absolute atomic E-state index is 10.1. The van der Waals surface area contributed by atoms with Crippen LogP contribution in [-0.4, -0.2) is 14.6 Å². The van der Waals surface area contributed by atoms with Gasteiger partial charge in [0.2, 0.25) is 0 Å². The van der Waals surface area contributed by atoms with Crippen molar-refractivity contribution in [3.8, 4) is 0 Å². The van der Waals surface area contributed by atoms with Crippen LogP contribution < -0.4 is 5.46 Å². The van der Waals surface area contributed by atoms with Crippen molar-refractivity contribution in [2.75, 3.05) is 0 Å². The summed E-state index contributed by atoms with van der Waals surface area (Å²) in [6, 6.07) is 8.88. The van der Waals surface area contributed by atoms with Gasteiger partial charge in [0.15, 0.2) is 0 Å². The molecule has 0 bridgehead atoms. The Morgan fingerprint density at radius 1 is 1.10 bits per heavy atom. The third-order valence-electron chi connectivity index (χ3n) is 1.03. The van der Waals surface area contributed by atoms with Gasteiger partial charge in [0.1, 0.15) is 0 Å². The van der Waals surface area contributed by atoms with E-state index in [1.165, 1.54) is 6.15 Å². The van der Waals surface area contributed by atoms with Crippen molar-refractivity contribution in [3.63, 3.8) is 0 Å². The number of benzene rings is 1. The van der Waals surface area contributed by atoms with Crippen molar-refractivity contribution in [3.05, 3.63) is 30.3 Å². The van der Waals surface area contributed by atoms with Gasteiger partial charge in [-0.3, -0.25) is 0 Å². The van der Waals surface area contributed by atoms with Crippen LogP contribution >= 0.6 is 0 Å². The Labute approximate surface area is 61.1 Å². The zero-order valence-corrected chi connectivity index (χ0v) is 6.01. The molecule has 0 aromatic heterocycles. The van der Waals surface area contributed by atoms with Crippen LogP contribution in [0.5, 0.6) is 0 Å². The van der Waals surface area contributed by atoms with Crippen molar-refractivity contribution in [1.82, 2.24) is 0 Å². The predicted molar refractivity (Wildman–Crippen MR) is 40.7 cm³/mol. The second kappa shape index (κ2) is 3.32. The van der Waals surface area contributed by atoms with E-state index >= 15 is 0 Å². The summed E-state index contributed by atoms with van der Waals surface area (Å²) < 4.78 is 20.2. The summed E-state index contributed by atoms with van der Waals surface area (Å²) in [5, 5.41) is 0. The van der Waals surface area contributed by atoms with Gasteiger partial charge in [-0.1, -0.05) is 0 Å². The third-order valence-corrected chi connectivity index (χ3v) is 1.50. The minimum atomic E-state index is -2.09. The molecule has 1 rings (SSSR count). The fourth-order valence-electron chi connectivity index (χ4n) is 0.643. The van der Waals surface area contributed by atoms with Crippen molar-refractivity contribution < 1.29 is 8.42 Å². The van der Waals surface area contributed by atoms with Crippen LogP contribution in [0.2, 0.25) is 0 Å². The van der Waals surface area contributed by atoms with Gasteiger partial charge in [0.05, 0.1) is 0 Å². The molecule has 0 fully saturated rings. The standard InChI is InChI=1S/C6H5BO2S/c8-10(9)7-6-4-2-1-3-5-6/h1-5H. The monoisotopic (exact) mass is 152 g/mol. The summed E-state index contributed by atoms with van der Waals surface area (Å²) in [7, 11) is -2.09. The Morgan fingerprint density at radius 2 is 1.70 bits per heavy atom. The zero-order valence-electron chi connectivity index (χ0n) is 5.19. The van der Waals surface area contributed by atoms with E-state index in [4.69, 9.17) is 0 Å².